The van der Waals surface area contributed by atoms with Crippen molar-refractivity contribution in [2.75, 3.05) is 5.32 Å². The zero-order valence-electron chi connectivity index (χ0n) is 9.48. The van der Waals surface area contributed by atoms with Crippen molar-refractivity contribution in [3.63, 3.8) is 0 Å². The second-order valence-electron chi connectivity index (χ2n) is 3.85. The normalized spacial score (nSPS) is 10.6. The monoisotopic (exact) mass is 289 g/mol. The molecule has 2 aromatic rings. The van der Waals surface area contributed by atoms with Crippen LogP contribution in [0.2, 0.25) is 5.02 Å². The van der Waals surface area contributed by atoms with E-state index in [9.17, 15) is 17.6 Å². The van der Waals surface area contributed by atoms with E-state index in [1.165, 1.54) is 12.1 Å². The van der Waals surface area contributed by atoms with E-state index in [2.05, 4.69) is 5.32 Å². The summed E-state index contributed by atoms with van der Waals surface area (Å²) in [7, 11) is 0. The van der Waals surface area contributed by atoms with E-state index in [1.807, 2.05) is 0 Å². The third-order valence-electron chi connectivity index (χ3n) is 2.46. The van der Waals surface area contributed by atoms with Crippen LogP contribution in [0.15, 0.2) is 30.3 Å². The van der Waals surface area contributed by atoms with Crippen molar-refractivity contribution in [2.45, 2.75) is 6.54 Å². The molecule has 0 unspecified atom stereocenters. The fraction of sp³-hybridized carbons (Fsp3) is 0.0769. The van der Waals surface area contributed by atoms with Gasteiger partial charge in [0, 0.05) is 6.54 Å². The van der Waals surface area contributed by atoms with Crippen molar-refractivity contribution in [3.8, 4) is 0 Å². The molecule has 0 saturated heterocycles. The van der Waals surface area contributed by atoms with Gasteiger partial charge in [-0.3, -0.25) is 0 Å². The van der Waals surface area contributed by atoms with Crippen LogP contribution in [-0.2, 0) is 6.54 Å². The molecule has 0 atom stereocenters. The number of nitrogens with one attached hydrogen (secondary N) is 1. The number of hydrogen-bond donors (Lipinski definition) is 1. The van der Waals surface area contributed by atoms with E-state index in [0.29, 0.717) is 5.69 Å². The van der Waals surface area contributed by atoms with Gasteiger partial charge in [-0.05, 0) is 35.9 Å². The minimum atomic E-state index is -1.51. The molecule has 0 bridgehead atoms. The van der Waals surface area contributed by atoms with Crippen LogP contribution in [0.3, 0.4) is 0 Å². The Hall–Kier alpha value is -1.75. The molecule has 0 saturated carbocycles. The molecule has 100 valence electrons. The van der Waals surface area contributed by atoms with Crippen molar-refractivity contribution in [3.05, 3.63) is 64.2 Å². The van der Waals surface area contributed by atoms with Gasteiger partial charge in [0.2, 0.25) is 0 Å². The lowest BCUT2D eigenvalue weighted by atomic mass is 10.2. The molecule has 2 rings (SSSR count). The van der Waals surface area contributed by atoms with Crippen molar-refractivity contribution >= 4 is 17.3 Å². The third kappa shape index (κ3) is 3.17. The van der Waals surface area contributed by atoms with Crippen LogP contribution in [0.1, 0.15) is 5.56 Å². The lowest BCUT2D eigenvalue weighted by molar-refractivity contribution is 0.445. The SMILES string of the molecule is Fc1ccc(NCc2cc(F)c(F)c(F)c2)c(Cl)c1. The van der Waals surface area contributed by atoms with Crippen LogP contribution in [0.5, 0.6) is 0 Å². The molecule has 0 aliphatic rings. The van der Waals surface area contributed by atoms with Crippen molar-refractivity contribution in [1.82, 2.24) is 0 Å². The molecule has 1 N–H and O–H groups in total. The minimum absolute atomic E-state index is 0.0273. The maximum Gasteiger partial charge on any atom is 0.194 e. The standard InChI is InChI=1S/C13H8ClF4N/c14-9-5-8(15)1-2-12(9)19-6-7-3-10(16)13(18)11(17)4-7/h1-5,19H,6H2. The average molecular weight is 290 g/mol. The minimum Gasteiger partial charge on any atom is -0.380 e. The summed E-state index contributed by atoms with van der Waals surface area (Å²) in [5.41, 5.74) is 0.616. The van der Waals surface area contributed by atoms with Gasteiger partial charge in [-0.15, -0.1) is 0 Å². The summed E-state index contributed by atoms with van der Waals surface area (Å²) in [6.45, 7) is 0.0273. The number of rotatable bonds is 3. The van der Waals surface area contributed by atoms with E-state index in [1.54, 1.807) is 0 Å². The summed E-state index contributed by atoms with van der Waals surface area (Å²) < 4.78 is 51.5. The predicted octanol–water partition coefficient (Wildman–Crippen LogP) is 4.51. The molecule has 0 aromatic heterocycles. The summed E-state index contributed by atoms with van der Waals surface area (Å²) in [4.78, 5) is 0. The van der Waals surface area contributed by atoms with Gasteiger partial charge in [-0.25, -0.2) is 17.6 Å². The van der Waals surface area contributed by atoms with Crippen molar-refractivity contribution in [1.29, 1.82) is 0 Å². The third-order valence-corrected chi connectivity index (χ3v) is 2.77. The molecule has 0 heterocycles. The molecule has 1 nitrogen and oxygen atoms in total. The van der Waals surface area contributed by atoms with E-state index < -0.39 is 23.3 Å². The molecular weight excluding hydrogens is 282 g/mol. The maximum atomic E-state index is 13.0. The van der Waals surface area contributed by atoms with E-state index in [0.717, 1.165) is 18.2 Å². The highest BCUT2D eigenvalue weighted by Crippen LogP contribution is 2.23. The summed E-state index contributed by atoms with van der Waals surface area (Å²) in [5.74, 6) is -4.53. The molecule has 0 amide bonds. The van der Waals surface area contributed by atoms with Crippen LogP contribution in [0.4, 0.5) is 23.2 Å². The maximum absolute atomic E-state index is 13.0. The lowest BCUT2D eigenvalue weighted by Gasteiger charge is -2.09. The Morgan fingerprint density at radius 2 is 1.58 bits per heavy atom. The van der Waals surface area contributed by atoms with E-state index in [4.69, 9.17) is 11.6 Å². The first-order valence-corrected chi connectivity index (χ1v) is 5.67. The molecule has 0 spiro atoms. The van der Waals surface area contributed by atoms with Crippen LogP contribution < -0.4 is 5.32 Å². The first-order valence-electron chi connectivity index (χ1n) is 5.29. The van der Waals surface area contributed by atoms with Crippen LogP contribution in [0.25, 0.3) is 0 Å². The molecular formula is C13H8ClF4N. The average Bonchev–Trinajstić information content (AvgIpc) is 2.34. The van der Waals surface area contributed by atoms with Gasteiger partial charge in [0.15, 0.2) is 17.5 Å². The number of anilines is 1. The largest absolute Gasteiger partial charge is 0.380 e. The van der Waals surface area contributed by atoms with Gasteiger partial charge in [0.25, 0.3) is 0 Å². The molecule has 6 heteroatoms. The highest BCUT2D eigenvalue weighted by molar-refractivity contribution is 6.33. The first kappa shape index (κ1) is 13.7. The van der Waals surface area contributed by atoms with Gasteiger partial charge >= 0.3 is 0 Å². The Morgan fingerprint density at radius 1 is 0.947 bits per heavy atom. The van der Waals surface area contributed by atoms with Crippen molar-refractivity contribution in [2.24, 2.45) is 0 Å². The van der Waals surface area contributed by atoms with Gasteiger partial charge in [-0.1, -0.05) is 11.6 Å². The molecule has 2 aromatic carbocycles. The molecule has 0 radical (unpaired) electrons. The highest BCUT2D eigenvalue weighted by Gasteiger charge is 2.10. The quantitative estimate of drug-likeness (QED) is 0.647. The molecule has 0 fully saturated rings. The number of hydrogen-bond acceptors (Lipinski definition) is 1. The Balaban J connectivity index is 2.14. The smallest absolute Gasteiger partial charge is 0.194 e. The fourth-order valence-corrected chi connectivity index (χ4v) is 1.77. The van der Waals surface area contributed by atoms with Gasteiger partial charge in [-0.2, -0.15) is 0 Å². The second kappa shape index (κ2) is 5.48. The van der Waals surface area contributed by atoms with Crippen LogP contribution in [0, 0.1) is 23.3 Å². The van der Waals surface area contributed by atoms with Crippen LogP contribution >= 0.6 is 11.6 Å². The molecule has 0 aliphatic heterocycles. The zero-order valence-corrected chi connectivity index (χ0v) is 10.2. The first-order chi connectivity index (χ1) is 8.97. The fourth-order valence-electron chi connectivity index (χ4n) is 1.54. The number of benzene rings is 2. The number of halogens is 5. The van der Waals surface area contributed by atoms with E-state index in [-0.39, 0.29) is 17.1 Å². The van der Waals surface area contributed by atoms with Gasteiger partial charge in [0.1, 0.15) is 5.82 Å². The Labute approximate surface area is 111 Å². The Kier molecular flexibility index (Phi) is 3.95. The Morgan fingerprint density at radius 3 is 2.16 bits per heavy atom. The highest BCUT2D eigenvalue weighted by atomic mass is 35.5. The van der Waals surface area contributed by atoms with Gasteiger partial charge in [0.05, 0.1) is 10.7 Å². The summed E-state index contributed by atoms with van der Waals surface area (Å²) in [6.07, 6.45) is 0. The summed E-state index contributed by atoms with van der Waals surface area (Å²) in [6, 6.07) is 5.45. The second-order valence-corrected chi connectivity index (χ2v) is 4.26. The zero-order chi connectivity index (χ0) is 14.0. The predicted molar refractivity (Wildman–Crippen MR) is 65.1 cm³/mol. The Bertz CT molecular complexity index is 593. The van der Waals surface area contributed by atoms with Crippen LogP contribution in [-0.4, -0.2) is 0 Å². The molecule has 19 heavy (non-hydrogen) atoms. The summed E-state index contributed by atoms with van der Waals surface area (Å²) >= 11 is 5.77. The topological polar surface area (TPSA) is 12.0 Å². The van der Waals surface area contributed by atoms with Gasteiger partial charge < -0.3 is 5.32 Å². The lowest BCUT2D eigenvalue weighted by Crippen LogP contribution is -2.03. The van der Waals surface area contributed by atoms with E-state index >= 15 is 0 Å². The van der Waals surface area contributed by atoms with Crippen molar-refractivity contribution < 1.29 is 17.6 Å². The summed E-state index contributed by atoms with van der Waals surface area (Å²) in [5, 5.41) is 2.92. The molecule has 0 aliphatic carbocycles.